The van der Waals surface area contributed by atoms with Gasteiger partial charge in [0.2, 0.25) is 0 Å². The average molecular weight is 583 g/mol. The Balaban J connectivity index is 1.59. The van der Waals surface area contributed by atoms with Gasteiger partial charge in [-0.2, -0.15) is 0 Å². The minimum absolute atomic E-state index is 0.0576. The van der Waals surface area contributed by atoms with E-state index in [-0.39, 0.29) is 17.9 Å². The van der Waals surface area contributed by atoms with E-state index in [4.69, 9.17) is 14.2 Å². The maximum Gasteiger partial charge on any atom is 0.331 e. The van der Waals surface area contributed by atoms with Gasteiger partial charge in [-0.05, 0) is 41.8 Å². The quantitative estimate of drug-likeness (QED) is 0.223. The highest BCUT2D eigenvalue weighted by Gasteiger charge is 2.87. The van der Waals surface area contributed by atoms with Crippen molar-refractivity contribution in [3.63, 3.8) is 0 Å². The second-order valence-electron chi connectivity index (χ2n) is 12.7. The van der Waals surface area contributed by atoms with Crippen LogP contribution >= 0.6 is 0 Å². The smallest absolute Gasteiger partial charge is 0.331 e. The molecule has 4 aliphatic rings. The van der Waals surface area contributed by atoms with Crippen molar-refractivity contribution in [2.45, 2.75) is 63.9 Å². The molecular weight excluding hydrogens is 544 g/mol. The molecule has 8 atom stereocenters. The fourth-order valence-corrected chi connectivity index (χ4v) is 8.19. The van der Waals surface area contributed by atoms with Gasteiger partial charge in [0.1, 0.15) is 11.7 Å². The summed E-state index contributed by atoms with van der Waals surface area (Å²) >= 11 is 0. The molecule has 4 N–H and O–H groups in total. The first-order valence-electron chi connectivity index (χ1n) is 14.0. The highest BCUT2D eigenvalue weighted by molar-refractivity contribution is 6.04. The van der Waals surface area contributed by atoms with Crippen LogP contribution in [0.2, 0.25) is 0 Å². The number of Topliss-reactive ketones (excluding diaryl/α,β-unsaturated/α-hetero) is 1. The van der Waals surface area contributed by atoms with Gasteiger partial charge in [0.15, 0.2) is 22.9 Å². The number of rotatable bonds is 6. The van der Waals surface area contributed by atoms with Crippen molar-refractivity contribution in [2.75, 3.05) is 13.7 Å². The summed E-state index contributed by atoms with van der Waals surface area (Å²) < 4.78 is 17.2. The van der Waals surface area contributed by atoms with Crippen LogP contribution in [0.1, 0.15) is 46.6 Å². The molecule has 0 spiro atoms. The third kappa shape index (κ3) is 3.99. The SMILES string of the molecule is COc1cc(/C=C/C(=O)O[C@@H]2[C@@H](C)[C@@]3(O)[C@@H](C=C(CO)C[C@]4(O)C(=O)C(C)=C[C@@H]34)[C@@H]3C(C)(C)[C@]23OC(C)=O)ccc1O. The number of ketones is 1. The van der Waals surface area contributed by atoms with E-state index < -0.39 is 76.3 Å². The van der Waals surface area contributed by atoms with E-state index in [0.29, 0.717) is 16.7 Å². The lowest BCUT2D eigenvalue weighted by Gasteiger charge is -2.53. The number of hydrogen-bond donors (Lipinski definition) is 4. The van der Waals surface area contributed by atoms with Crippen molar-refractivity contribution < 1.29 is 49.0 Å². The summed E-state index contributed by atoms with van der Waals surface area (Å²) in [4.78, 5) is 39.0. The number of aromatic hydroxyl groups is 1. The molecule has 4 aliphatic carbocycles. The third-order valence-corrected chi connectivity index (χ3v) is 10.1. The van der Waals surface area contributed by atoms with Gasteiger partial charge in [0, 0.05) is 48.5 Å². The Morgan fingerprint density at radius 2 is 1.86 bits per heavy atom. The van der Waals surface area contributed by atoms with Gasteiger partial charge in [-0.15, -0.1) is 0 Å². The van der Waals surface area contributed by atoms with Gasteiger partial charge in [-0.1, -0.05) is 39.0 Å². The Hall–Kier alpha value is -3.47. The monoisotopic (exact) mass is 582 g/mol. The fraction of sp³-hybridized carbons (Fsp3) is 0.531. The number of aliphatic hydroxyl groups excluding tert-OH is 1. The molecule has 0 amide bonds. The Labute approximate surface area is 244 Å². The molecule has 226 valence electrons. The van der Waals surface area contributed by atoms with Crippen LogP contribution in [-0.2, 0) is 23.9 Å². The molecule has 1 aromatic rings. The number of carbonyl (C=O) groups is 3. The van der Waals surface area contributed by atoms with Crippen molar-refractivity contribution in [3.8, 4) is 11.5 Å². The zero-order valence-electron chi connectivity index (χ0n) is 24.6. The van der Waals surface area contributed by atoms with E-state index in [1.165, 1.54) is 32.3 Å². The summed E-state index contributed by atoms with van der Waals surface area (Å²) in [6, 6.07) is 4.55. The van der Waals surface area contributed by atoms with E-state index in [1.807, 2.05) is 13.8 Å². The summed E-state index contributed by atoms with van der Waals surface area (Å²) in [5, 5.41) is 44.5. The first-order chi connectivity index (χ1) is 19.6. The zero-order chi connectivity index (χ0) is 31.0. The molecule has 0 unspecified atom stereocenters. The molecule has 2 saturated carbocycles. The highest BCUT2D eigenvalue weighted by Crippen LogP contribution is 2.77. The first kappa shape index (κ1) is 30.0. The van der Waals surface area contributed by atoms with E-state index in [0.717, 1.165) is 0 Å². The number of esters is 2. The molecule has 10 nitrogen and oxygen atoms in total. The van der Waals surface area contributed by atoms with E-state index in [9.17, 15) is 34.8 Å². The van der Waals surface area contributed by atoms with Crippen LogP contribution in [0.4, 0.5) is 0 Å². The van der Waals surface area contributed by atoms with E-state index in [1.54, 1.807) is 38.1 Å². The fourth-order valence-electron chi connectivity index (χ4n) is 8.19. The van der Waals surface area contributed by atoms with Crippen LogP contribution in [0, 0.1) is 29.1 Å². The molecule has 0 bridgehead atoms. The van der Waals surface area contributed by atoms with Gasteiger partial charge < -0.3 is 34.6 Å². The van der Waals surface area contributed by atoms with Gasteiger partial charge in [-0.3, -0.25) is 9.59 Å². The molecule has 2 fully saturated rings. The first-order valence-corrected chi connectivity index (χ1v) is 14.0. The molecule has 5 rings (SSSR count). The molecule has 0 heterocycles. The van der Waals surface area contributed by atoms with Crippen molar-refractivity contribution in [1.82, 2.24) is 0 Å². The summed E-state index contributed by atoms with van der Waals surface area (Å²) in [6.45, 7) is 7.81. The summed E-state index contributed by atoms with van der Waals surface area (Å²) in [6.07, 6.45) is 4.64. The molecule has 0 radical (unpaired) electrons. The number of carbonyl (C=O) groups excluding carboxylic acids is 3. The summed E-state index contributed by atoms with van der Waals surface area (Å²) in [5.74, 6) is -5.00. The van der Waals surface area contributed by atoms with Crippen molar-refractivity contribution in [1.29, 1.82) is 0 Å². The van der Waals surface area contributed by atoms with Gasteiger partial charge in [-0.25, -0.2) is 4.79 Å². The second-order valence-corrected chi connectivity index (χ2v) is 12.7. The maximum absolute atomic E-state index is 13.3. The number of phenols is 1. The molecule has 42 heavy (non-hydrogen) atoms. The van der Waals surface area contributed by atoms with E-state index in [2.05, 4.69) is 0 Å². The van der Waals surface area contributed by atoms with Crippen LogP contribution in [-0.4, -0.2) is 74.8 Å². The number of ether oxygens (including phenoxy) is 3. The van der Waals surface area contributed by atoms with Crippen LogP contribution in [0.5, 0.6) is 11.5 Å². The minimum Gasteiger partial charge on any atom is -0.504 e. The van der Waals surface area contributed by atoms with Gasteiger partial charge in [0.05, 0.1) is 19.3 Å². The Morgan fingerprint density at radius 1 is 1.17 bits per heavy atom. The van der Waals surface area contributed by atoms with Crippen LogP contribution < -0.4 is 4.74 Å². The Kier molecular flexibility index (Phi) is 6.99. The standard InChI is InChI=1S/C32H38O10/c1-16-11-24-30(38,27(16)37)14-20(15-33)12-21-26-29(4,5)32(26,42-18(3)34)28(17(2)31(21,24)39)41-25(36)10-8-19-7-9-22(35)23(13-19)40-6/h7-13,17,21,24,26,28,33,35,38-39H,14-15H2,1-6H3/b10-8+/t17-,21+,24-,26-,28-,30-,31-,32-/m1/s1. The van der Waals surface area contributed by atoms with Crippen molar-refractivity contribution in [3.05, 3.63) is 53.1 Å². The largest absolute Gasteiger partial charge is 0.504 e. The Morgan fingerprint density at radius 3 is 2.48 bits per heavy atom. The number of fused-ring (bicyclic) bond motifs is 5. The lowest BCUT2D eigenvalue weighted by molar-refractivity contribution is -0.226. The maximum atomic E-state index is 13.3. The molecule has 1 aromatic carbocycles. The third-order valence-electron chi connectivity index (χ3n) is 10.1. The van der Waals surface area contributed by atoms with Gasteiger partial charge >= 0.3 is 11.9 Å². The van der Waals surface area contributed by atoms with Crippen LogP contribution in [0.3, 0.4) is 0 Å². The predicted octanol–water partition coefficient (Wildman–Crippen LogP) is 2.48. The van der Waals surface area contributed by atoms with Gasteiger partial charge in [0.25, 0.3) is 0 Å². The summed E-state index contributed by atoms with van der Waals surface area (Å²) in [5.41, 5.74) is -4.66. The molecule has 10 heteroatoms. The molecule has 0 aromatic heterocycles. The normalized spacial score (nSPS) is 37.9. The lowest BCUT2D eigenvalue weighted by Crippen LogP contribution is -2.66. The number of phenolic OH excluding ortho intramolecular Hbond substituents is 1. The second kappa shape index (κ2) is 9.79. The number of hydrogen-bond acceptors (Lipinski definition) is 10. The predicted molar refractivity (Wildman–Crippen MR) is 150 cm³/mol. The van der Waals surface area contributed by atoms with Crippen molar-refractivity contribution in [2.24, 2.45) is 29.1 Å². The zero-order valence-corrected chi connectivity index (χ0v) is 24.6. The minimum atomic E-state index is -2.00. The highest BCUT2D eigenvalue weighted by atomic mass is 16.6. The average Bonchev–Trinajstić information content (AvgIpc) is 3.35. The number of benzene rings is 1. The van der Waals surface area contributed by atoms with E-state index >= 15 is 0 Å². The topological polar surface area (TPSA) is 160 Å². The van der Waals surface area contributed by atoms with Crippen molar-refractivity contribution >= 4 is 23.8 Å². The molecule has 0 aliphatic heterocycles. The van der Waals surface area contributed by atoms with Crippen LogP contribution in [0.25, 0.3) is 6.08 Å². The van der Waals surface area contributed by atoms with Crippen LogP contribution in [0.15, 0.2) is 47.6 Å². The molecular formula is C32H38O10. The summed E-state index contributed by atoms with van der Waals surface area (Å²) in [7, 11) is 1.41. The lowest BCUT2D eigenvalue weighted by atomic mass is 9.59. The number of methoxy groups -OCH3 is 1. The Bertz CT molecular complexity index is 1440. The number of aliphatic hydroxyl groups is 3. The molecule has 0 saturated heterocycles.